The fraction of sp³-hybridized carbons (Fsp3) is 0.400. The highest BCUT2D eigenvalue weighted by atomic mass is 79.9. The molecular weight excluding hydrogens is 352 g/mol. The van der Waals surface area contributed by atoms with E-state index in [1.54, 1.807) is 0 Å². The molecule has 0 aliphatic carbocycles. The second-order valence-electron chi connectivity index (χ2n) is 5.01. The Morgan fingerprint density at radius 2 is 2.15 bits per heavy atom. The molecule has 1 aromatic heterocycles. The van der Waals surface area contributed by atoms with Gasteiger partial charge < -0.3 is 0 Å². The van der Waals surface area contributed by atoms with Gasteiger partial charge in [-0.25, -0.2) is 4.98 Å². The van der Waals surface area contributed by atoms with Gasteiger partial charge in [0, 0.05) is 33.0 Å². The molecule has 1 atom stereocenters. The van der Waals surface area contributed by atoms with Gasteiger partial charge in [0.2, 0.25) is 0 Å². The molecule has 20 heavy (non-hydrogen) atoms. The summed E-state index contributed by atoms with van der Waals surface area (Å²) in [5, 5.41) is 1.25. The zero-order valence-electron chi connectivity index (χ0n) is 11.6. The number of aryl methyl sites for hydroxylation is 1. The van der Waals surface area contributed by atoms with Crippen LogP contribution in [0.3, 0.4) is 0 Å². The summed E-state index contributed by atoms with van der Waals surface area (Å²) in [4.78, 5) is 8.68. The lowest BCUT2D eigenvalue weighted by atomic mass is 10.1. The molecule has 0 saturated carbocycles. The maximum atomic E-state index is 4.95. The van der Waals surface area contributed by atoms with Crippen LogP contribution in [0.15, 0.2) is 28.7 Å². The van der Waals surface area contributed by atoms with Gasteiger partial charge in [-0.3, -0.25) is 4.90 Å². The Labute approximate surface area is 136 Å². The molecular formula is C15H17BrN2S2. The van der Waals surface area contributed by atoms with E-state index in [0.717, 1.165) is 22.5 Å². The van der Waals surface area contributed by atoms with Crippen molar-refractivity contribution in [3.05, 3.63) is 38.6 Å². The van der Waals surface area contributed by atoms with Crippen LogP contribution in [0.5, 0.6) is 0 Å². The molecule has 0 bridgehead atoms. The predicted molar refractivity (Wildman–Crippen MR) is 92.7 cm³/mol. The van der Waals surface area contributed by atoms with Crippen molar-refractivity contribution in [3.63, 3.8) is 0 Å². The first-order chi connectivity index (χ1) is 9.66. The highest BCUT2D eigenvalue weighted by Gasteiger charge is 2.25. The smallest absolute Gasteiger partial charge is 0.112 e. The molecule has 1 fully saturated rings. The number of halogens is 1. The zero-order valence-corrected chi connectivity index (χ0v) is 14.8. The van der Waals surface area contributed by atoms with E-state index in [-0.39, 0.29) is 0 Å². The normalized spacial score (nSPS) is 20.2. The van der Waals surface area contributed by atoms with Crippen LogP contribution in [0.2, 0.25) is 0 Å². The van der Waals surface area contributed by atoms with Gasteiger partial charge in [-0.2, -0.15) is 11.8 Å². The average Bonchev–Trinajstić information content (AvgIpc) is 2.81. The van der Waals surface area contributed by atoms with Crippen molar-refractivity contribution < 1.29 is 0 Å². The van der Waals surface area contributed by atoms with Crippen molar-refractivity contribution >= 4 is 39.0 Å². The van der Waals surface area contributed by atoms with E-state index in [1.165, 1.54) is 21.2 Å². The quantitative estimate of drug-likeness (QED) is 0.770. The van der Waals surface area contributed by atoms with Gasteiger partial charge in [0.15, 0.2) is 0 Å². The SMILES string of the molecule is Cc1sc(C2CSCCN2C)nc1-c1ccccc1Br. The lowest BCUT2D eigenvalue weighted by Gasteiger charge is -2.30. The lowest BCUT2D eigenvalue weighted by molar-refractivity contribution is 0.274. The second kappa shape index (κ2) is 6.18. The van der Waals surface area contributed by atoms with E-state index >= 15 is 0 Å². The third-order valence-corrected chi connectivity index (χ3v) is 6.41. The number of thioether (sulfide) groups is 1. The molecule has 106 valence electrons. The topological polar surface area (TPSA) is 16.1 Å². The summed E-state index contributed by atoms with van der Waals surface area (Å²) in [7, 11) is 2.21. The van der Waals surface area contributed by atoms with Crippen LogP contribution in [-0.2, 0) is 0 Å². The van der Waals surface area contributed by atoms with Crippen LogP contribution in [0.25, 0.3) is 11.3 Å². The first-order valence-electron chi connectivity index (χ1n) is 6.67. The molecule has 0 N–H and O–H groups in total. The second-order valence-corrected chi connectivity index (χ2v) is 8.25. The van der Waals surface area contributed by atoms with Crippen molar-refractivity contribution in [1.29, 1.82) is 0 Å². The number of benzene rings is 1. The van der Waals surface area contributed by atoms with Crippen molar-refractivity contribution in [1.82, 2.24) is 9.88 Å². The lowest BCUT2D eigenvalue weighted by Crippen LogP contribution is -2.32. The molecule has 5 heteroatoms. The minimum Gasteiger partial charge on any atom is -0.296 e. The number of hydrogen-bond acceptors (Lipinski definition) is 4. The summed E-state index contributed by atoms with van der Waals surface area (Å²) in [5.74, 6) is 2.38. The Morgan fingerprint density at radius 3 is 2.90 bits per heavy atom. The van der Waals surface area contributed by atoms with Crippen molar-refractivity contribution in [2.45, 2.75) is 13.0 Å². The summed E-state index contributed by atoms with van der Waals surface area (Å²) >= 11 is 7.51. The van der Waals surface area contributed by atoms with Crippen molar-refractivity contribution in [3.8, 4) is 11.3 Å². The maximum absolute atomic E-state index is 4.95. The molecule has 0 amide bonds. The van der Waals surface area contributed by atoms with E-state index < -0.39 is 0 Å². The zero-order chi connectivity index (χ0) is 14.1. The summed E-state index contributed by atoms with van der Waals surface area (Å²) in [6.07, 6.45) is 0. The first-order valence-corrected chi connectivity index (χ1v) is 9.43. The van der Waals surface area contributed by atoms with Crippen LogP contribution in [0.1, 0.15) is 15.9 Å². The van der Waals surface area contributed by atoms with E-state index in [9.17, 15) is 0 Å². The maximum Gasteiger partial charge on any atom is 0.112 e. The molecule has 0 radical (unpaired) electrons. The largest absolute Gasteiger partial charge is 0.296 e. The Bertz CT molecular complexity index is 612. The summed E-state index contributed by atoms with van der Waals surface area (Å²) in [6, 6.07) is 8.79. The van der Waals surface area contributed by atoms with E-state index in [1.807, 2.05) is 29.2 Å². The van der Waals surface area contributed by atoms with E-state index in [2.05, 4.69) is 53.0 Å². The first kappa shape index (κ1) is 14.6. The Balaban J connectivity index is 1.97. The predicted octanol–water partition coefficient (Wildman–Crippen LogP) is 4.60. The molecule has 1 aliphatic rings. The summed E-state index contributed by atoms with van der Waals surface area (Å²) in [6.45, 7) is 3.32. The van der Waals surface area contributed by atoms with Crippen molar-refractivity contribution in [2.75, 3.05) is 25.1 Å². The molecule has 1 saturated heterocycles. The average molecular weight is 369 g/mol. The van der Waals surface area contributed by atoms with Gasteiger partial charge in [0.05, 0.1) is 11.7 Å². The minimum absolute atomic E-state index is 0.466. The number of thiazole rings is 1. The van der Waals surface area contributed by atoms with Crippen LogP contribution >= 0.6 is 39.0 Å². The van der Waals surface area contributed by atoms with E-state index in [4.69, 9.17) is 4.98 Å². The third-order valence-electron chi connectivity index (χ3n) is 3.62. The van der Waals surface area contributed by atoms with Gasteiger partial charge in [-0.15, -0.1) is 11.3 Å². The molecule has 2 nitrogen and oxygen atoms in total. The molecule has 3 rings (SSSR count). The third kappa shape index (κ3) is 2.82. The Hall–Kier alpha value is -0.360. The molecule has 2 heterocycles. The van der Waals surface area contributed by atoms with Gasteiger partial charge in [0.1, 0.15) is 5.01 Å². The highest BCUT2D eigenvalue weighted by Crippen LogP contribution is 2.37. The summed E-state index contributed by atoms with van der Waals surface area (Å²) in [5.41, 5.74) is 2.32. The molecule has 1 aromatic carbocycles. The van der Waals surface area contributed by atoms with Crippen molar-refractivity contribution in [2.24, 2.45) is 0 Å². The number of hydrogen-bond donors (Lipinski definition) is 0. The van der Waals surface area contributed by atoms with Crippen LogP contribution < -0.4 is 0 Å². The molecule has 0 spiro atoms. The minimum atomic E-state index is 0.466. The molecule has 1 unspecified atom stereocenters. The van der Waals surface area contributed by atoms with Crippen LogP contribution in [0.4, 0.5) is 0 Å². The number of aromatic nitrogens is 1. The summed E-state index contributed by atoms with van der Waals surface area (Å²) < 4.78 is 1.12. The molecule has 1 aliphatic heterocycles. The molecule has 2 aromatic rings. The van der Waals surface area contributed by atoms with Gasteiger partial charge in [-0.1, -0.05) is 34.1 Å². The van der Waals surface area contributed by atoms with E-state index in [0.29, 0.717) is 6.04 Å². The fourth-order valence-electron chi connectivity index (χ4n) is 2.41. The monoisotopic (exact) mass is 368 g/mol. The van der Waals surface area contributed by atoms with Crippen LogP contribution in [0, 0.1) is 6.92 Å². The standard InChI is InChI=1S/C15H17BrN2S2/c1-10-14(11-5-3-4-6-12(11)16)17-15(20-10)13-9-19-8-7-18(13)2/h3-6,13H,7-9H2,1-2H3. The van der Waals surface area contributed by atoms with Crippen LogP contribution in [-0.4, -0.2) is 35.0 Å². The highest BCUT2D eigenvalue weighted by molar-refractivity contribution is 9.10. The van der Waals surface area contributed by atoms with Gasteiger partial charge in [0.25, 0.3) is 0 Å². The number of rotatable bonds is 2. The Kier molecular flexibility index (Phi) is 4.50. The number of nitrogens with zero attached hydrogens (tertiary/aromatic N) is 2. The fourth-order valence-corrected chi connectivity index (χ4v) is 5.31. The Morgan fingerprint density at radius 1 is 1.35 bits per heavy atom. The van der Waals surface area contributed by atoms with Gasteiger partial charge in [-0.05, 0) is 20.0 Å². The van der Waals surface area contributed by atoms with Gasteiger partial charge >= 0.3 is 0 Å².